The van der Waals surface area contributed by atoms with Crippen molar-refractivity contribution in [2.45, 2.75) is 59.8 Å². The maximum Gasteiger partial charge on any atom is -0.0209 e. The largest absolute Gasteiger partial charge is 0.0999 e. The van der Waals surface area contributed by atoms with Crippen LogP contribution in [0.2, 0.25) is 0 Å². The van der Waals surface area contributed by atoms with Crippen molar-refractivity contribution in [3.63, 3.8) is 0 Å². The highest BCUT2D eigenvalue weighted by atomic mass is 14.4. The summed E-state index contributed by atoms with van der Waals surface area (Å²) in [6.45, 7) is 13.4. The van der Waals surface area contributed by atoms with Gasteiger partial charge < -0.3 is 0 Å². The summed E-state index contributed by atoms with van der Waals surface area (Å²) in [6.07, 6.45) is 7.03. The van der Waals surface area contributed by atoms with Crippen LogP contribution in [0.3, 0.4) is 0 Å². The van der Waals surface area contributed by atoms with Gasteiger partial charge in [-0.1, -0.05) is 45.8 Å². The molecule has 0 heteroatoms. The van der Waals surface area contributed by atoms with Gasteiger partial charge in [0.2, 0.25) is 0 Å². The standard InChI is InChI=1S/C14H26/c1-6-7-13(12(4)11(2)3)10-14(5)8-9-14/h12-13H,2,6-10H2,1,3-5H3. The molecule has 1 aliphatic rings. The number of rotatable bonds is 6. The second-order valence-corrected chi connectivity index (χ2v) is 5.70. The number of allylic oxidation sites excluding steroid dienone is 1. The number of hydrogen-bond acceptors (Lipinski definition) is 0. The van der Waals surface area contributed by atoms with E-state index in [1.807, 2.05) is 0 Å². The molecular weight excluding hydrogens is 168 g/mol. The lowest BCUT2D eigenvalue weighted by Crippen LogP contribution is -2.16. The fourth-order valence-corrected chi connectivity index (χ4v) is 2.35. The van der Waals surface area contributed by atoms with E-state index in [1.165, 1.54) is 37.7 Å². The van der Waals surface area contributed by atoms with Crippen molar-refractivity contribution in [2.24, 2.45) is 17.3 Å². The average molecular weight is 194 g/mol. The first-order valence-electron chi connectivity index (χ1n) is 6.14. The summed E-state index contributed by atoms with van der Waals surface area (Å²) in [6, 6.07) is 0. The smallest absolute Gasteiger partial charge is 0.0209 e. The second-order valence-electron chi connectivity index (χ2n) is 5.70. The molecule has 0 aliphatic heterocycles. The van der Waals surface area contributed by atoms with Crippen molar-refractivity contribution in [1.29, 1.82) is 0 Å². The van der Waals surface area contributed by atoms with E-state index in [2.05, 4.69) is 34.3 Å². The van der Waals surface area contributed by atoms with E-state index in [4.69, 9.17) is 0 Å². The molecule has 0 N–H and O–H groups in total. The highest BCUT2D eigenvalue weighted by Crippen LogP contribution is 2.52. The number of hydrogen-bond donors (Lipinski definition) is 0. The van der Waals surface area contributed by atoms with Crippen LogP contribution in [0, 0.1) is 17.3 Å². The molecule has 0 nitrogen and oxygen atoms in total. The Morgan fingerprint density at radius 3 is 2.36 bits per heavy atom. The Kier molecular flexibility index (Phi) is 3.80. The van der Waals surface area contributed by atoms with Gasteiger partial charge in [0.25, 0.3) is 0 Å². The summed E-state index contributed by atoms with van der Waals surface area (Å²) in [5, 5.41) is 0. The fourth-order valence-electron chi connectivity index (χ4n) is 2.35. The van der Waals surface area contributed by atoms with E-state index in [9.17, 15) is 0 Å². The summed E-state index contributed by atoms with van der Waals surface area (Å²) in [5.41, 5.74) is 2.07. The van der Waals surface area contributed by atoms with Crippen molar-refractivity contribution in [3.8, 4) is 0 Å². The summed E-state index contributed by atoms with van der Waals surface area (Å²) in [4.78, 5) is 0. The molecule has 0 aromatic heterocycles. The zero-order chi connectivity index (χ0) is 10.8. The third kappa shape index (κ3) is 3.15. The monoisotopic (exact) mass is 194 g/mol. The Hall–Kier alpha value is -0.260. The first kappa shape index (κ1) is 11.8. The Labute approximate surface area is 89.8 Å². The van der Waals surface area contributed by atoms with Gasteiger partial charge in [0, 0.05) is 0 Å². The zero-order valence-corrected chi connectivity index (χ0v) is 10.4. The molecular formula is C14H26. The molecule has 0 aromatic carbocycles. The van der Waals surface area contributed by atoms with Gasteiger partial charge in [0.15, 0.2) is 0 Å². The Morgan fingerprint density at radius 2 is 2.00 bits per heavy atom. The predicted molar refractivity (Wildman–Crippen MR) is 64.3 cm³/mol. The minimum Gasteiger partial charge on any atom is -0.0999 e. The van der Waals surface area contributed by atoms with Crippen LogP contribution < -0.4 is 0 Å². The maximum atomic E-state index is 4.11. The molecule has 0 heterocycles. The predicted octanol–water partition coefficient (Wildman–Crippen LogP) is 4.81. The van der Waals surface area contributed by atoms with Gasteiger partial charge in [-0.3, -0.25) is 0 Å². The van der Waals surface area contributed by atoms with Crippen molar-refractivity contribution < 1.29 is 0 Å². The molecule has 2 unspecified atom stereocenters. The van der Waals surface area contributed by atoms with Crippen LogP contribution in [0.25, 0.3) is 0 Å². The lowest BCUT2D eigenvalue weighted by molar-refractivity contribution is 0.288. The second kappa shape index (κ2) is 4.51. The maximum absolute atomic E-state index is 4.11. The molecule has 0 amide bonds. The zero-order valence-electron chi connectivity index (χ0n) is 10.4. The molecule has 82 valence electrons. The lowest BCUT2D eigenvalue weighted by Gasteiger charge is -2.26. The van der Waals surface area contributed by atoms with Crippen LogP contribution in [-0.4, -0.2) is 0 Å². The van der Waals surface area contributed by atoms with Crippen LogP contribution in [0.15, 0.2) is 12.2 Å². The van der Waals surface area contributed by atoms with Crippen LogP contribution in [0.4, 0.5) is 0 Å². The Bertz CT molecular complexity index is 198. The van der Waals surface area contributed by atoms with Crippen molar-refractivity contribution in [2.75, 3.05) is 0 Å². The third-order valence-electron chi connectivity index (χ3n) is 4.00. The van der Waals surface area contributed by atoms with Crippen molar-refractivity contribution in [1.82, 2.24) is 0 Å². The molecule has 0 bridgehead atoms. The third-order valence-corrected chi connectivity index (χ3v) is 4.00. The summed E-state index contributed by atoms with van der Waals surface area (Å²) >= 11 is 0. The van der Waals surface area contributed by atoms with E-state index in [0.29, 0.717) is 11.3 Å². The van der Waals surface area contributed by atoms with E-state index in [0.717, 1.165) is 5.92 Å². The highest BCUT2D eigenvalue weighted by Gasteiger charge is 2.39. The molecule has 1 rings (SSSR count). The van der Waals surface area contributed by atoms with Crippen LogP contribution in [0.5, 0.6) is 0 Å². The summed E-state index contributed by atoms with van der Waals surface area (Å²) in [7, 11) is 0. The van der Waals surface area contributed by atoms with Crippen LogP contribution in [0.1, 0.15) is 59.8 Å². The molecule has 0 aromatic rings. The van der Waals surface area contributed by atoms with Gasteiger partial charge in [-0.15, -0.1) is 0 Å². The van der Waals surface area contributed by atoms with Gasteiger partial charge in [-0.05, 0) is 43.4 Å². The summed E-state index contributed by atoms with van der Waals surface area (Å²) in [5.74, 6) is 1.59. The van der Waals surface area contributed by atoms with E-state index < -0.39 is 0 Å². The van der Waals surface area contributed by atoms with E-state index in [-0.39, 0.29) is 0 Å². The van der Waals surface area contributed by atoms with Crippen molar-refractivity contribution in [3.05, 3.63) is 12.2 Å². The SMILES string of the molecule is C=C(C)C(C)C(CCC)CC1(C)CC1. The topological polar surface area (TPSA) is 0 Å². The molecule has 0 spiro atoms. The van der Waals surface area contributed by atoms with E-state index >= 15 is 0 Å². The summed E-state index contributed by atoms with van der Waals surface area (Å²) < 4.78 is 0. The highest BCUT2D eigenvalue weighted by molar-refractivity contribution is 5.00. The van der Waals surface area contributed by atoms with Crippen LogP contribution >= 0.6 is 0 Å². The minimum atomic E-state index is 0.698. The van der Waals surface area contributed by atoms with Gasteiger partial charge in [-0.2, -0.15) is 0 Å². The lowest BCUT2D eigenvalue weighted by atomic mass is 9.79. The minimum absolute atomic E-state index is 0.698. The van der Waals surface area contributed by atoms with Crippen LogP contribution in [-0.2, 0) is 0 Å². The van der Waals surface area contributed by atoms with Gasteiger partial charge in [0.05, 0.1) is 0 Å². The molecule has 1 aliphatic carbocycles. The Morgan fingerprint density at radius 1 is 1.43 bits per heavy atom. The van der Waals surface area contributed by atoms with Crippen molar-refractivity contribution >= 4 is 0 Å². The normalized spacial score (nSPS) is 22.9. The average Bonchev–Trinajstić information content (AvgIpc) is 2.81. The molecule has 0 radical (unpaired) electrons. The fraction of sp³-hybridized carbons (Fsp3) is 0.857. The molecule has 14 heavy (non-hydrogen) atoms. The first-order chi connectivity index (χ1) is 6.48. The van der Waals surface area contributed by atoms with Gasteiger partial charge in [-0.25, -0.2) is 0 Å². The molecule has 1 fully saturated rings. The molecule has 2 atom stereocenters. The molecule has 1 saturated carbocycles. The van der Waals surface area contributed by atoms with E-state index in [1.54, 1.807) is 0 Å². The Balaban J connectivity index is 2.49. The van der Waals surface area contributed by atoms with Gasteiger partial charge in [0.1, 0.15) is 0 Å². The van der Waals surface area contributed by atoms with Gasteiger partial charge >= 0.3 is 0 Å². The first-order valence-corrected chi connectivity index (χ1v) is 6.14. The quantitative estimate of drug-likeness (QED) is 0.532. The molecule has 0 saturated heterocycles.